The summed E-state index contributed by atoms with van der Waals surface area (Å²) in [6, 6.07) is 9.07. The summed E-state index contributed by atoms with van der Waals surface area (Å²) in [5, 5.41) is 3.71. The SMILES string of the molecule is NC(=O)C1=C(NC2CCOCC2)C2=CC3=Cc4ccccc4CC3CC2CC1. The predicted molar refractivity (Wildman–Crippen MR) is 110 cm³/mol. The number of amides is 1. The molecular formula is C24H28N2O2. The third kappa shape index (κ3) is 3.20. The number of primary amides is 1. The van der Waals surface area contributed by atoms with E-state index in [1.54, 1.807) is 0 Å². The molecule has 28 heavy (non-hydrogen) atoms. The first kappa shape index (κ1) is 17.7. The van der Waals surface area contributed by atoms with Crippen molar-refractivity contribution < 1.29 is 9.53 Å². The minimum Gasteiger partial charge on any atom is -0.382 e. The number of nitrogens with one attached hydrogen (secondary N) is 1. The molecule has 0 radical (unpaired) electrons. The average molecular weight is 377 g/mol. The first-order valence-corrected chi connectivity index (χ1v) is 10.6. The normalized spacial score (nSPS) is 27.1. The Hall–Kier alpha value is -2.33. The van der Waals surface area contributed by atoms with Crippen LogP contribution in [-0.2, 0) is 16.0 Å². The maximum atomic E-state index is 12.2. The molecule has 1 aliphatic heterocycles. The lowest BCUT2D eigenvalue weighted by atomic mass is 9.68. The van der Waals surface area contributed by atoms with Crippen LogP contribution in [0.2, 0.25) is 0 Å². The lowest BCUT2D eigenvalue weighted by Gasteiger charge is -2.40. The molecule has 2 atom stereocenters. The fourth-order valence-electron chi connectivity index (χ4n) is 5.32. The van der Waals surface area contributed by atoms with E-state index >= 15 is 0 Å². The first-order chi connectivity index (χ1) is 13.7. The Balaban J connectivity index is 1.53. The van der Waals surface area contributed by atoms with Gasteiger partial charge in [0.15, 0.2) is 0 Å². The van der Waals surface area contributed by atoms with Gasteiger partial charge in [-0.2, -0.15) is 0 Å². The summed E-state index contributed by atoms with van der Waals surface area (Å²) in [6.45, 7) is 1.56. The fraction of sp³-hybridized carbons (Fsp3) is 0.458. The van der Waals surface area contributed by atoms with Gasteiger partial charge >= 0.3 is 0 Å². The van der Waals surface area contributed by atoms with Gasteiger partial charge < -0.3 is 15.8 Å². The molecule has 4 aliphatic rings. The van der Waals surface area contributed by atoms with Gasteiger partial charge in [-0.25, -0.2) is 0 Å². The summed E-state index contributed by atoms with van der Waals surface area (Å²) in [5.74, 6) is 0.819. The molecule has 5 rings (SSSR count). The Morgan fingerprint density at radius 1 is 1.07 bits per heavy atom. The fourth-order valence-corrected chi connectivity index (χ4v) is 5.32. The van der Waals surface area contributed by atoms with E-state index in [4.69, 9.17) is 10.5 Å². The standard InChI is InChI=1S/C24H28N2O2/c25-24(27)21-6-5-17-13-18-11-15-3-1-2-4-16(15)12-19(18)14-22(17)23(21)26-20-7-9-28-10-8-20/h1-4,12,14,17-18,20,26H,5-11,13H2,(H2,25,27). The van der Waals surface area contributed by atoms with Gasteiger partial charge in [-0.05, 0) is 72.6 Å². The van der Waals surface area contributed by atoms with Crippen molar-refractivity contribution in [1.82, 2.24) is 5.32 Å². The number of rotatable bonds is 3. The number of nitrogens with two attached hydrogens (primary N) is 1. The van der Waals surface area contributed by atoms with Crippen molar-refractivity contribution >= 4 is 12.0 Å². The Labute approximate surface area is 166 Å². The highest BCUT2D eigenvalue weighted by atomic mass is 16.5. The van der Waals surface area contributed by atoms with Gasteiger partial charge in [0, 0.05) is 30.5 Å². The van der Waals surface area contributed by atoms with Crippen LogP contribution in [0.4, 0.5) is 0 Å². The van der Waals surface area contributed by atoms with Gasteiger partial charge in [-0.1, -0.05) is 36.4 Å². The molecule has 2 unspecified atom stereocenters. The third-order valence-corrected chi connectivity index (χ3v) is 6.85. The van der Waals surface area contributed by atoms with E-state index in [1.807, 2.05) is 0 Å². The molecule has 4 nitrogen and oxygen atoms in total. The molecule has 1 fully saturated rings. The molecule has 146 valence electrons. The number of carbonyl (C=O) groups excluding carboxylic acids is 1. The summed E-state index contributed by atoms with van der Waals surface area (Å²) in [7, 11) is 0. The molecule has 1 heterocycles. The van der Waals surface area contributed by atoms with E-state index in [0.29, 0.717) is 17.9 Å². The van der Waals surface area contributed by atoms with Crippen molar-refractivity contribution in [3.05, 3.63) is 63.9 Å². The van der Waals surface area contributed by atoms with Gasteiger partial charge in [0.05, 0.1) is 0 Å². The van der Waals surface area contributed by atoms with Crippen LogP contribution >= 0.6 is 0 Å². The van der Waals surface area contributed by atoms with E-state index in [9.17, 15) is 4.79 Å². The maximum absolute atomic E-state index is 12.2. The third-order valence-electron chi connectivity index (χ3n) is 6.85. The number of fused-ring (bicyclic) bond motifs is 3. The highest BCUT2D eigenvalue weighted by molar-refractivity contribution is 5.94. The molecule has 1 aromatic carbocycles. The second-order valence-electron chi connectivity index (χ2n) is 8.56. The maximum Gasteiger partial charge on any atom is 0.246 e. The van der Waals surface area contributed by atoms with Crippen LogP contribution in [0.25, 0.3) is 6.08 Å². The van der Waals surface area contributed by atoms with E-state index in [1.165, 1.54) is 22.3 Å². The Morgan fingerprint density at radius 3 is 2.71 bits per heavy atom. The molecule has 3 aliphatic carbocycles. The van der Waals surface area contributed by atoms with Crippen LogP contribution in [0.1, 0.15) is 43.2 Å². The zero-order chi connectivity index (χ0) is 19.1. The van der Waals surface area contributed by atoms with Crippen LogP contribution in [0, 0.1) is 11.8 Å². The molecule has 3 N–H and O–H groups in total. The lowest BCUT2D eigenvalue weighted by Crippen LogP contribution is -2.40. The van der Waals surface area contributed by atoms with Gasteiger partial charge in [0.2, 0.25) is 5.91 Å². The minimum absolute atomic E-state index is 0.279. The smallest absolute Gasteiger partial charge is 0.246 e. The minimum atomic E-state index is -0.279. The molecular weight excluding hydrogens is 348 g/mol. The van der Waals surface area contributed by atoms with Crippen LogP contribution < -0.4 is 11.1 Å². The number of hydrogen-bond donors (Lipinski definition) is 2. The van der Waals surface area contributed by atoms with E-state index in [2.05, 4.69) is 41.7 Å². The van der Waals surface area contributed by atoms with Gasteiger partial charge in [-0.15, -0.1) is 0 Å². The molecule has 0 spiro atoms. The highest BCUT2D eigenvalue weighted by Crippen LogP contribution is 2.46. The van der Waals surface area contributed by atoms with Crippen molar-refractivity contribution in [2.75, 3.05) is 13.2 Å². The molecule has 0 aromatic heterocycles. The molecule has 0 saturated carbocycles. The van der Waals surface area contributed by atoms with Crippen molar-refractivity contribution in [3.63, 3.8) is 0 Å². The monoisotopic (exact) mass is 376 g/mol. The quantitative estimate of drug-likeness (QED) is 0.849. The van der Waals surface area contributed by atoms with Gasteiger partial charge in [-0.3, -0.25) is 4.79 Å². The number of carbonyl (C=O) groups is 1. The zero-order valence-corrected chi connectivity index (χ0v) is 16.2. The number of allylic oxidation sites excluding steroid dienone is 3. The van der Waals surface area contributed by atoms with Crippen molar-refractivity contribution in [3.8, 4) is 0 Å². The molecule has 1 aromatic rings. The Bertz CT molecular complexity index is 890. The summed E-state index contributed by atoms with van der Waals surface area (Å²) in [5.41, 5.74) is 13.1. The molecule has 4 heteroatoms. The lowest BCUT2D eigenvalue weighted by molar-refractivity contribution is -0.114. The Kier molecular flexibility index (Phi) is 4.59. The predicted octanol–water partition coefficient (Wildman–Crippen LogP) is 3.49. The number of hydrogen-bond acceptors (Lipinski definition) is 3. The van der Waals surface area contributed by atoms with Gasteiger partial charge in [0.25, 0.3) is 0 Å². The summed E-state index contributed by atoms with van der Waals surface area (Å²) < 4.78 is 5.50. The van der Waals surface area contributed by atoms with Crippen molar-refractivity contribution in [2.24, 2.45) is 17.6 Å². The van der Waals surface area contributed by atoms with Gasteiger partial charge in [0.1, 0.15) is 0 Å². The van der Waals surface area contributed by atoms with Crippen LogP contribution in [-0.4, -0.2) is 25.2 Å². The van der Waals surface area contributed by atoms with E-state index in [0.717, 1.165) is 63.0 Å². The molecule has 1 saturated heterocycles. The highest BCUT2D eigenvalue weighted by Gasteiger charge is 2.36. The van der Waals surface area contributed by atoms with Crippen LogP contribution in [0.15, 0.2) is 52.8 Å². The summed E-state index contributed by atoms with van der Waals surface area (Å²) >= 11 is 0. The van der Waals surface area contributed by atoms with Crippen molar-refractivity contribution in [2.45, 2.75) is 44.6 Å². The Morgan fingerprint density at radius 2 is 1.89 bits per heavy atom. The van der Waals surface area contributed by atoms with Crippen molar-refractivity contribution in [1.29, 1.82) is 0 Å². The first-order valence-electron chi connectivity index (χ1n) is 10.6. The molecule has 1 amide bonds. The number of ether oxygens (including phenoxy) is 1. The summed E-state index contributed by atoms with van der Waals surface area (Å²) in [4.78, 5) is 12.2. The van der Waals surface area contributed by atoms with Crippen LogP contribution in [0.3, 0.4) is 0 Å². The largest absolute Gasteiger partial charge is 0.382 e. The topological polar surface area (TPSA) is 64.4 Å². The zero-order valence-electron chi connectivity index (χ0n) is 16.2. The average Bonchev–Trinajstić information content (AvgIpc) is 2.71. The van der Waals surface area contributed by atoms with E-state index < -0.39 is 0 Å². The second-order valence-corrected chi connectivity index (χ2v) is 8.56. The summed E-state index contributed by atoms with van der Waals surface area (Å²) in [6.07, 6.45) is 10.8. The van der Waals surface area contributed by atoms with E-state index in [-0.39, 0.29) is 5.91 Å². The second kappa shape index (κ2) is 7.25. The number of benzene rings is 1. The van der Waals surface area contributed by atoms with Crippen LogP contribution in [0.5, 0.6) is 0 Å². The molecule has 0 bridgehead atoms.